The van der Waals surface area contributed by atoms with Crippen LogP contribution in [0.15, 0.2) is 71.6 Å². The summed E-state index contributed by atoms with van der Waals surface area (Å²) in [6, 6.07) is 18.8. The number of halogens is 1. The molecule has 1 amide bonds. The molecule has 3 aromatic carbocycles. The first-order valence-corrected chi connectivity index (χ1v) is 13.2. The Labute approximate surface area is 211 Å². The monoisotopic (exact) mass is 512 g/mol. The summed E-state index contributed by atoms with van der Waals surface area (Å²) in [5.74, 6) is 0.293. The van der Waals surface area contributed by atoms with Gasteiger partial charge in [0, 0.05) is 17.0 Å². The summed E-state index contributed by atoms with van der Waals surface area (Å²) in [6.45, 7) is 7.21. The fourth-order valence-electron chi connectivity index (χ4n) is 4.29. The lowest BCUT2D eigenvalue weighted by Crippen LogP contribution is -2.45. The van der Waals surface area contributed by atoms with Gasteiger partial charge in [-0.3, -0.25) is 9.10 Å². The van der Waals surface area contributed by atoms with Crippen molar-refractivity contribution in [3.8, 4) is 5.75 Å². The van der Waals surface area contributed by atoms with E-state index in [0.717, 1.165) is 15.4 Å². The first kappa shape index (κ1) is 25.1. The van der Waals surface area contributed by atoms with Crippen LogP contribution in [0.25, 0.3) is 0 Å². The lowest BCUT2D eigenvalue weighted by Gasteiger charge is -2.38. The van der Waals surface area contributed by atoms with E-state index in [9.17, 15) is 13.2 Å². The smallest absolute Gasteiger partial charge is 0.264 e. The zero-order valence-electron chi connectivity index (χ0n) is 20.2. The highest BCUT2D eigenvalue weighted by atomic mass is 35.5. The normalized spacial score (nSPS) is 16.7. The fourth-order valence-corrected chi connectivity index (χ4v) is 5.93. The van der Waals surface area contributed by atoms with E-state index < -0.39 is 28.1 Å². The lowest BCUT2D eigenvalue weighted by molar-refractivity contribution is -0.120. The van der Waals surface area contributed by atoms with Crippen molar-refractivity contribution in [1.82, 2.24) is 5.32 Å². The second-order valence-electron chi connectivity index (χ2n) is 9.48. The molecule has 3 aromatic rings. The Morgan fingerprint density at radius 3 is 2.49 bits per heavy atom. The van der Waals surface area contributed by atoms with Crippen LogP contribution in [0.3, 0.4) is 0 Å². The average Bonchev–Trinajstić information content (AvgIpc) is 2.78. The SMILES string of the molecule is Cc1ccc(S(=O)(=O)N(CC(=O)NC2CC(C)(C)Oc3ccccc32)c2cc(Cl)ccc2C)cc1. The van der Waals surface area contributed by atoms with Crippen LogP contribution in [-0.2, 0) is 14.8 Å². The first-order chi connectivity index (χ1) is 16.5. The lowest BCUT2D eigenvalue weighted by atomic mass is 9.89. The maximum Gasteiger partial charge on any atom is 0.264 e. The van der Waals surface area contributed by atoms with Gasteiger partial charge >= 0.3 is 0 Å². The maximum absolute atomic E-state index is 13.7. The highest BCUT2D eigenvalue weighted by Gasteiger charge is 2.35. The number of para-hydroxylation sites is 1. The van der Waals surface area contributed by atoms with Crippen LogP contribution >= 0.6 is 11.6 Å². The van der Waals surface area contributed by atoms with Crippen LogP contribution in [-0.4, -0.2) is 26.5 Å². The molecule has 0 spiro atoms. The van der Waals surface area contributed by atoms with Gasteiger partial charge in [0.05, 0.1) is 16.6 Å². The van der Waals surface area contributed by atoms with Gasteiger partial charge in [0.2, 0.25) is 5.91 Å². The van der Waals surface area contributed by atoms with Crippen molar-refractivity contribution in [2.24, 2.45) is 0 Å². The number of nitrogens with one attached hydrogen (secondary N) is 1. The van der Waals surface area contributed by atoms with Crippen molar-refractivity contribution in [1.29, 1.82) is 0 Å². The van der Waals surface area contributed by atoms with Crippen molar-refractivity contribution in [2.75, 3.05) is 10.8 Å². The number of hydrogen-bond donors (Lipinski definition) is 1. The number of aryl methyl sites for hydroxylation is 2. The third-order valence-corrected chi connectivity index (χ3v) is 8.06. The summed E-state index contributed by atoms with van der Waals surface area (Å²) in [5.41, 5.74) is 2.38. The van der Waals surface area contributed by atoms with Gasteiger partial charge in [-0.25, -0.2) is 8.42 Å². The molecule has 0 saturated heterocycles. The van der Waals surface area contributed by atoms with Crippen LogP contribution in [0.1, 0.15) is 43.0 Å². The van der Waals surface area contributed by atoms with Crippen molar-refractivity contribution < 1.29 is 17.9 Å². The summed E-state index contributed by atoms with van der Waals surface area (Å²) >= 11 is 6.22. The largest absolute Gasteiger partial charge is 0.487 e. The second kappa shape index (κ2) is 9.55. The molecule has 0 bridgehead atoms. The minimum atomic E-state index is -4.04. The molecule has 1 heterocycles. The van der Waals surface area contributed by atoms with E-state index in [1.807, 2.05) is 45.0 Å². The van der Waals surface area contributed by atoms with Gasteiger partial charge in [-0.15, -0.1) is 0 Å². The van der Waals surface area contributed by atoms with Crippen molar-refractivity contribution in [2.45, 2.75) is 50.7 Å². The summed E-state index contributed by atoms with van der Waals surface area (Å²) in [6.07, 6.45) is 0.552. The number of sulfonamides is 1. The Kier molecular flexibility index (Phi) is 6.84. The molecule has 4 rings (SSSR count). The molecule has 184 valence electrons. The van der Waals surface area contributed by atoms with E-state index in [1.165, 1.54) is 0 Å². The molecule has 0 aliphatic carbocycles. The molecule has 1 aliphatic rings. The molecule has 1 unspecified atom stereocenters. The Hall–Kier alpha value is -3.03. The maximum atomic E-state index is 13.7. The zero-order chi connectivity index (χ0) is 25.4. The summed E-state index contributed by atoms with van der Waals surface area (Å²) < 4.78 is 34.6. The molecular formula is C27H29ClN2O4S. The van der Waals surface area contributed by atoms with Crippen molar-refractivity contribution >= 4 is 33.2 Å². The van der Waals surface area contributed by atoms with Gasteiger partial charge < -0.3 is 10.1 Å². The van der Waals surface area contributed by atoms with E-state index in [2.05, 4.69) is 5.32 Å². The molecule has 0 aromatic heterocycles. The van der Waals surface area contributed by atoms with Gasteiger partial charge in [0.25, 0.3) is 10.0 Å². The number of rotatable bonds is 6. The number of nitrogens with zero attached hydrogens (tertiary/aromatic N) is 1. The van der Waals surface area contributed by atoms with Gasteiger partial charge in [-0.1, -0.05) is 53.6 Å². The van der Waals surface area contributed by atoms with E-state index in [-0.39, 0.29) is 10.9 Å². The quantitative estimate of drug-likeness (QED) is 0.468. The molecule has 1 N–H and O–H groups in total. The van der Waals surface area contributed by atoms with E-state index in [1.54, 1.807) is 49.4 Å². The molecule has 35 heavy (non-hydrogen) atoms. The highest BCUT2D eigenvalue weighted by molar-refractivity contribution is 7.92. The van der Waals surface area contributed by atoms with E-state index in [4.69, 9.17) is 16.3 Å². The van der Waals surface area contributed by atoms with Gasteiger partial charge in [-0.05, 0) is 63.6 Å². The molecule has 6 nitrogen and oxygen atoms in total. The number of hydrogen-bond acceptors (Lipinski definition) is 4. The number of carbonyl (C=O) groups is 1. The van der Waals surface area contributed by atoms with Gasteiger partial charge in [0.15, 0.2) is 0 Å². The molecule has 1 atom stereocenters. The number of benzene rings is 3. The Bertz CT molecular complexity index is 1350. The van der Waals surface area contributed by atoms with E-state index >= 15 is 0 Å². The van der Waals surface area contributed by atoms with Crippen molar-refractivity contribution in [3.63, 3.8) is 0 Å². The van der Waals surface area contributed by atoms with Crippen LogP contribution < -0.4 is 14.4 Å². The summed E-state index contributed by atoms with van der Waals surface area (Å²) in [4.78, 5) is 13.5. The molecule has 8 heteroatoms. The van der Waals surface area contributed by atoms with E-state index in [0.29, 0.717) is 28.4 Å². The number of anilines is 1. The second-order valence-corrected chi connectivity index (χ2v) is 11.8. The number of carbonyl (C=O) groups excluding carboxylic acids is 1. The minimum absolute atomic E-state index is 0.104. The topological polar surface area (TPSA) is 75.7 Å². The Balaban J connectivity index is 1.68. The van der Waals surface area contributed by atoms with Crippen LogP contribution in [0, 0.1) is 13.8 Å². The zero-order valence-corrected chi connectivity index (χ0v) is 21.8. The predicted octanol–water partition coefficient (Wildman–Crippen LogP) is 5.57. The van der Waals surface area contributed by atoms with Crippen LogP contribution in [0.4, 0.5) is 5.69 Å². The summed E-state index contributed by atoms with van der Waals surface area (Å²) in [7, 11) is -4.04. The predicted molar refractivity (Wildman–Crippen MR) is 139 cm³/mol. The number of ether oxygens (including phenoxy) is 1. The Morgan fingerprint density at radius 1 is 1.09 bits per heavy atom. The fraction of sp³-hybridized carbons (Fsp3) is 0.296. The van der Waals surface area contributed by atoms with Crippen molar-refractivity contribution in [3.05, 3.63) is 88.4 Å². The number of fused-ring (bicyclic) bond motifs is 1. The number of amides is 1. The minimum Gasteiger partial charge on any atom is -0.487 e. The summed E-state index contributed by atoms with van der Waals surface area (Å²) in [5, 5.41) is 3.42. The standard InChI is InChI=1S/C27H29ClN2O4S/c1-18-9-13-21(14-10-18)35(32,33)30(24-15-20(28)12-11-19(24)2)17-26(31)29-23-16-27(3,4)34-25-8-6-5-7-22(23)25/h5-15,23H,16-17H2,1-4H3,(H,29,31). The molecule has 0 saturated carbocycles. The molecule has 0 fully saturated rings. The van der Waals surface area contributed by atoms with Gasteiger partial charge in [-0.2, -0.15) is 0 Å². The van der Waals surface area contributed by atoms with Crippen LogP contribution in [0.2, 0.25) is 5.02 Å². The van der Waals surface area contributed by atoms with Crippen LogP contribution in [0.5, 0.6) is 5.75 Å². The molecule has 1 aliphatic heterocycles. The first-order valence-electron chi connectivity index (χ1n) is 11.4. The highest BCUT2D eigenvalue weighted by Crippen LogP contribution is 2.39. The molecule has 0 radical (unpaired) electrons. The average molecular weight is 513 g/mol. The third-order valence-electron chi connectivity index (χ3n) is 6.05. The van der Waals surface area contributed by atoms with Gasteiger partial charge in [0.1, 0.15) is 17.9 Å². The molecular weight excluding hydrogens is 484 g/mol. The Morgan fingerprint density at radius 2 is 1.77 bits per heavy atom. The third kappa shape index (κ3) is 5.46.